The average molecular weight is 307 g/mol. The number of aliphatic carboxylic acids is 1. The van der Waals surface area contributed by atoms with Gasteiger partial charge in [-0.15, -0.1) is 0 Å². The number of aromatic hydroxyl groups is 1. The molecule has 0 amide bonds. The maximum atomic E-state index is 10.8. The second kappa shape index (κ2) is 10.2. The minimum absolute atomic E-state index is 0.159. The fourth-order valence-corrected chi connectivity index (χ4v) is 2.61. The number of benzene rings is 1. The molecule has 0 heterocycles. The van der Waals surface area contributed by atoms with Gasteiger partial charge in [-0.25, -0.2) is 0 Å². The highest BCUT2D eigenvalue weighted by molar-refractivity contribution is 5.73. The SMILES string of the molecule is CCCCCCCCCc1cccc(CC(N)C(=O)O)c1O. The van der Waals surface area contributed by atoms with Crippen LogP contribution >= 0.6 is 0 Å². The molecule has 1 aromatic carbocycles. The monoisotopic (exact) mass is 307 g/mol. The summed E-state index contributed by atoms with van der Waals surface area (Å²) in [5, 5.41) is 19.1. The molecule has 124 valence electrons. The van der Waals surface area contributed by atoms with Gasteiger partial charge < -0.3 is 15.9 Å². The Balaban J connectivity index is 2.42. The summed E-state index contributed by atoms with van der Waals surface area (Å²) >= 11 is 0. The van der Waals surface area contributed by atoms with Crippen LogP contribution in [0.2, 0.25) is 0 Å². The third-order valence-corrected chi connectivity index (χ3v) is 4.01. The van der Waals surface area contributed by atoms with E-state index < -0.39 is 12.0 Å². The van der Waals surface area contributed by atoms with Crippen LogP contribution in [0.3, 0.4) is 0 Å². The molecule has 1 rings (SSSR count). The van der Waals surface area contributed by atoms with E-state index in [2.05, 4.69) is 6.92 Å². The zero-order valence-electron chi connectivity index (χ0n) is 13.6. The van der Waals surface area contributed by atoms with Crippen LogP contribution in [0.5, 0.6) is 5.75 Å². The molecule has 0 fully saturated rings. The topological polar surface area (TPSA) is 83.6 Å². The van der Waals surface area contributed by atoms with Crippen molar-refractivity contribution < 1.29 is 15.0 Å². The molecule has 0 radical (unpaired) electrons. The Kier molecular flexibility index (Phi) is 8.60. The first-order chi connectivity index (χ1) is 10.6. The molecule has 0 bridgehead atoms. The molecule has 1 aromatic rings. The minimum Gasteiger partial charge on any atom is -0.507 e. The van der Waals surface area contributed by atoms with Crippen molar-refractivity contribution in [2.24, 2.45) is 5.73 Å². The highest BCUT2D eigenvalue weighted by atomic mass is 16.4. The van der Waals surface area contributed by atoms with Crippen molar-refractivity contribution in [1.82, 2.24) is 0 Å². The van der Waals surface area contributed by atoms with Gasteiger partial charge in [-0.05, 0) is 24.0 Å². The highest BCUT2D eigenvalue weighted by Crippen LogP contribution is 2.25. The fourth-order valence-electron chi connectivity index (χ4n) is 2.61. The maximum Gasteiger partial charge on any atom is 0.320 e. The molecule has 1 unspecified atom stereocenters. The number of nitrogens with two attached hydrogens (primary N) is 1. The standard InChI is InChI=1S/C18H29NO3/c1-2-3-4-5-6-7-8-10-14-11-9-12-15(17(14)20)13-16(19)18(21)22/h9,11-12,16,20H,2-8,10,13,19H2,1H3,(H,21,22). The molecular weight excluding hydrogens is 278 g/mol. The summed E-state index contributed by atoms with van der Waals surface area (Å²) in [6.07, 6.45) is 9.62. The zero-order chi connectivity index (χ0) is 16.4. The third kappa shape index (κ3) is 6.48. The Bertz CT molecular complexity index is 460. The fraction of sp³-hybridized carbons (Fsp3) is 0.611. The van der Waals surface area contributed by atoms with E-state index in [1.165, 1.54) is 38.5 Å². The Morgan fingerprint density at radius 1 is 1.09 bits per heavy atom. The first-order valence-electron chi connectivity index (χ1n) is 8.34. The lowest BCUT2D eigenvalue weighted by molar-refractivity contribution is -0.138. The second-order valence-electron chi connectivity index (χ2n) is 5.95. The van der Waals surface area contributed by atoms with Crippen molar-refractivity contribution in [2.75, 3.05) is 0 Å². The number of hydrogen-bond donors (Lipinski definition) is 3. The third-order valence-electron chi connectivity index (χ3n) is 4.01. The van der Waals surface area contributed by atoms with E-state index in [0.29, 0.717) is 5.56 Å². The summed E-state index contributed by atoms with van der Waals surface area (Å²) in [7, 11) is 0. The number of phenolic OH excluding ortho intramolecular Hbond substituents is 1. The number of carbonyl (C=O) groups is 1. The van der Waals surface area contributed by atoms with Crippen LogP contribution in [0.25, 0.3) is 0 Å². The molecule has 0 saturated heterocycles. The largest absolute Gasteiger partial charge is 0.507 e. The van der Waals surface area contributed by atoms with Gasteiger partial charge in [-0.3, -0.25) is 4.79 Å². The summed E-state index contributed by atoms with van der Waals surface area (Å²) in [4.78, 5) is 10.8. The molecule has 0 aliphatic heterocycles. The van der Waals surface area contributed by atoms with E-state index in [9.17, 15) is 9.90 Å². The van der Waals surface area contributed by atoms with Gasteiger partial charge >= 0.3 is 5.97 Å². The molecule has 0 aliphatic carbocycles. The molecular formula is C18H29NO3. The van der Waals surface area contributed by atoms with Crippen molar-refractivity contribution in [2.45, 2.75) is 70.8 Å². The summed E-state index contributed by atoms with van der Waals surface area (Å²) in [5.41, 5.74) is 7.05. The zero-order valence-corrected chi connectivity index (χ0v) is 13.6. The van der Waals surface area contributed by atoms with Crippen molar-refractivity contribution in [1.29, 1.82) is 0 Å². The average Bonchev–Trinajstić information content (AvgIpc) is 2.49. The Hall–Kier alpha value is -1.55. The van der Waals surface area contributed by atoms with Crippen molar-refractivity contribution in [3.8, 4) is 5.75 Å². The summed E-state index contributed by atoms with van der Waals surface area (Å²) in [6.45, 7) is 2.21. The van der Waals surface area contributed by atoms with Crippen LogP contribution in [0.4, 0.5) is 0 Å². The van der Waals surface area contributed by atoms with Crippen LogP contribution in [0.1, 0.15) is 63.0 Å². The van der Waals surface area contributed by atoms with Gasteiger partial charge in [0.05, 0.1) is 0 Å². The number of phenols is 1. The predicted molar refractivity (Wildman–Crippen MR) is 89.1 cm³/mol. The van der Waals surface area contributed by atoms with Crippen LogP contribution in [0, 0.1) is 0 Å². The number of unbranched alkanes of at least 4 members (excludes halogenated alkanes) is 6. The summed E-state index contributed by atoms with van der Waals surface area (Å²) in [5.74, 6) is -0.831. The maximum absolute atomic E-state index is 10.8. The number of carboxylic acids is 1. The molecule has 4 heteroatoms. The molecule has 22 heavy (non-hydrogen) atoms. The lowest BCUT2D eigenvalue weighted by Gasteiger charge is -2.12. The van der Waals surface area contributed by atoms with E-state index in [-0.39, 0.29) is 12.2 Å². The number of aryl methyl sites for hydroxylation is 1. The predicted octanol–water partition coefficient (Wildman–Crippen LogP) is 3.64. The number of carboxylic acid groups (broad SMARTS) is 1. The van der Waals surface area contributed by atoms with Crippen LogP contribution in [-0.2, 0) is 17.6 Å². The molecule has 1 atom stereocenters. The lowest BCUT2D eigenvalue weighted by Crippen LogP contribution is -2.32. The lowest BCUT2D eigenvalue weighted by atomic mass is 9.98. The smallest absolute Gasteiger partial charge is 0.320 e. The molecule has 4 N–H and O–H groups in total. The minimum atomic E-state index is -1.04. The van der Waals surface area contributed by atoms with Gasteiger partial charge in [0.1, 0.15) is 11.8 Å². The molecule has 0 saturated carbocycles. The van der Waals surface area contributed by atoms with Gasteiger partial charge in [0.2, 0.25) is 0 Å². The van der Waals surface area contributed by atoms with Crippen LogP contribution in [0.15, 0.2) is 18.2 Å². The first-order valence-corrected chi connectivity index (χ1v) is 8.34. The van der Waals surface area contributed by atoms with Crippen LogP contribution in [-0.4, -0.2) is 22.2 Å². The quantitative estimate of drug-likeness (QED) is 0.545. The molecule has 0 aromatic heterocycles. The highest BCUT2D eigenvalue weighted by Gasteiger charge is 2.15. The van der Waals surface area contributed by atoms with E-state index in [4.69, 9.17) is 10.8 Å². The summed E-state index contributed by atoms with van der Waals surface area (Å²) < 4.78 is 0. The molecule has 0 spiro atoms. The van der Waals surface area contributed by atoms with E-state index >= 15 is 0 Å². The van der Waals surface area contributed by atoms with Crippen LogP contribution < -0.4 is 5.73 Å². The molecule has 0 aliphatic rings. The summed E-state index contributed by atoms with van der Waals surface area (Å²) in [6, 6.07) is 4.54. The Labute approximate surface area is 133 Å². The van der Waals surface area contributed by atoms with E-state index in [0.717, 1.165) is 18.4 Å². The van der Waals surface area contributed by atoms with E-state index in [1.54, 1.807) is 6.07 Å². The van der Waals surface area contributed by atoms with Crippen molar-refractivity contribution in [3.63, 3.8) is 0 Å². The van der Waals surface area contributed by atoms with Gasteiger partial charge in [-0.1, -0.05) is 63.6 Å². The second-order valence-corrected chi connectivity index (χ2v) is 5.95. The van der Waals surface area contributed by atoms with Crippen molar-refractivity contribution in [3.05, 3.63) is 29.3 Å². The van der Waals surface area contributed by atoms with Gasteiger partial charge in [-0.2, -0.15) is 0 Å². The first kappa shape index (κ1) is 18.5. The Morgan fingerprint density at radius 3 is 2.32 bits per heavy atom. The Morgan fingerprint density at radius 2 is 1.68 bits per heavy atom. The van der Waals surface area contributed by atoms with Gasteiger partial charge in [0.25, 0.3) is 0 Å². The number of para-hydroxylation sites is 1. The normalized spacial score (nSPS) is 12.3. The number of rotatable bonds is 11. The number of hydrogen-bond acceptors (Lipinski definition) is 3. The van der Waals surface area contributed by atoms with Gasteiger partial charge in [0.15, 0.2) is 0 Å². The van der Waals surface area contributed by atoms with E-state index in [1.807, 2.05) is 12.1 Å². The van der Waals surface area contributed by atoms with Gasteiger partial charge in [0, 0.05) is 6.42 Å². The van der Waals surface area contributed by atoms with Crippen molar-refractivity contribution >= 4 is 5.97 Å². The molecule has 4 nitrogen and oxygen atoms in total.